The maximum absolute atomic E-state index is 3.70. The van der Waals surface area contributed by atoms with Gasteiger partial charge in [0.25, 0.3) is 0 Å². The first kappa shape index (κ1) is 7.61. The molecule has 0 aromatic carbocycles. The second-order valence-electron chi connectivity index (χ2n) is 2.03. The molecule has 2 heteroatoms. The molecule has 0 aliphatic rings. The van der Waals surface area contributed by atoms with Gasteiger partial charge in [0.05, 0.1) is 0 Å². The minimum atomic E-state index is 1.06. The first-order valence-corrected chi connectivity index (χ1v) is 2.62. The van der Waals surface area contributed by atoms with Crippen molar-refractivity contribution in [1.29, 1.82) is 0 Å². The average Bonchev–Trinajstić information content (AvgIpc) is 1.61. The summed E-state index contributed by atoms with van der Waals surface area (Å²) in [4.78, 5) is 0. The van der Waals surface area contributed by atoms with Crippen molar-refractivity contribution in [1.82, 2.24) is 0 Å². The molecule has 0 nitrogen and oxygen atoms in total. The summed E-state index contributed by atoms with van der Waals surface area (Å²) in [6.07, 6.45) is 3.89. The van der Waals surface area contributed by atoms with Gasteiger partial charge in [-0.25, -0.2) is 0 Å². The Morgan fingerprint density at radius 1 is 1.00 bits per heavy atom. The van der Waals surface area contributed by atoms with Crippen LogP contribution in [0.3, 0.4) is 0 Å². The molecular formula is C6H10B2. The summed E-state index contributed by atoms with van der Waals surface area (Å²) in [6.45, 7) is 3.92. The Bertz CT molecular complexity index is 117. The SMILES string of the molecule is B=C(C)/C=C\C(=B)C. The van der Waals surface area contributed by atoms with Gasteiger partial charge in [-0.05, 0) is 0 Å². The molecule has 0 aromatic rings. The van der Waals surface area contributed by atoms with Crippen LogP contribution in [-0.2, 0) is 0 Å². The van der Waals surface area contributed by atoms with Crippen molar-refractivity contribution < 1.29 is 0 Å². The van der Waals surface area contributed by atoms with Crippen LogP contribution in [0.2, 0.25) is 0 Å². The molecule has 0 aromatic heterocycles. The van der Waals surface area contributed by atoms with E-state index >= 15 is 0 Å². The molecule has 0 heterocycles. The van der Waals surface area contributed by atoms with Crippen molar-refractivity contribution in [3.05, 3.63) is 12.2 Å². The molecule has 0 bridgehead atoms. The fraction of sp³-hybridized carbons (Fsp3) is 0.333. The molecule has 0 saturated carbocycles. The van der Waals surface area contributed by atoms with Crippen LogP contribution in [0.4, 0.5) is 0 Å². The molecule has 40 valence electrons. The van der Waals surface area contributed by atoms with Crippen molar-refractivity contribution in [2.24, 2.45) is 0 Å². The van der Waals surface area contributed by atoms with E-state index in [2.05, 4.69) is 15.0 Å². The topological polar surface area (TPSA) is 0 Å². The Labute approximate surface area is 52.8 Å². The molecule has 0 rings (SSSR count). The van der Waals surface area contributed by atoms with Crippen LogP contribution in [0, 0.1) is 0 Å². The molecule has 0 unspecified atom stereocenters. The van der Waals surface area contributed by atoms with Crippen molar-refractivity contribution in [2.75, 3.05) is 0 Å². The predicted octanol–water partition coefficient (Wildman–Crippen LogP) is -0.271. The van der Waals surface area contributed by atoms with Gasteiger partial charge >= 0.3 is 51.9 Å². The quantitative estimate of drug-likeness (QED) is 0.423. The zero-order valence-electron chi connectivity index (χ0n) is 5.57. The molecule has 0 radical (unpaired) electrons. The van der Waals surface area contributed by atoms with Gasteiger partial charge in [-0.15, -0.1) is 0 Å². The van der Waals surface area contributed by atoms with E-state index in [1.54, 1.807) is 0 Å². The summed E-state index contributed by atoms with van der Waals surface area (Å²) in [7, 11) is 7.40. The maximum atomic E-state index is 3.70. The zero-order valence-corrected chi connectivity index (χ0v) is 5.57. The second kappa shape index (κ2) is 3.59. The first-order valence-electron chi connectivity index (χ1n) is 2.62. The standard InChI is InChI=1S/C6H10B2/c1-5(7)3-4-6(2)8/h3-4,7-8H,1-2H3/b4-3-. The summed E-state index contributed by atoms with van der Waals surface area (Å²) in [5, 5.41) is 0. The van der Waals surface area contributed by atoms with E-state index in [0.717, 1.165) is 10.9 Å². The van der Waals surface area contributed by atoms with E-state index in [1.807, 2.05) is 26.0 Å². The normalized spacial score (nSPS) is 9.50. The van der Waals surface area contributed by atoms with Gasteiger partial charge in [-0.1, -0.05) is 0 Å². The van der Waals surface area contributed by atoms with Crippen molar-refractivity contribution in [2.45, 2.75) is 13.8 Å². The van der Waals surface area contributed by atoms with Crippen LogP contribution in [0.1, 0.15) is 13.8 Å². The monoisotopic (exact) mass is 104 g/mol. The third kappa shape index (κ3) is 5.61. The summed E-state index contributed by atoms with van der Waals surface area (Å²) in [5.74, 6) is 0. The molecule has 0 atom stereocenters. The van der Waals surface area contributed by atoms with Crippen LogP contribution < -0.4 is 0 Å². The van der Waals surface area contributed by atoms with Crippen molar-refractivity contribution in [3.8, 4) is 0 Å². The molecule has 0 spiro atoms. The van der Waals surface area contributed by atoms with E-state index in [-0.39, 0.29) is 0 Å². The van der Waals surface area contributed by atoms with Crippen molar-refractivity contribution in [3.63, 3.8) is 0 Å². The van der Waals surface area contributed by atoms with Crippen LogP contribution in [0.15, 0.2) is 12.2 Å². The molecule has 0 aliphatic heterocycles. The van der Waals surface area contributed by atoms with Crippen LogP contribution in [0.25, 0.3) is 0 Å². The zero-order chi connectivity index (χ0) is 6.57. The van der Waals surface area contributed by atoms with Crippen LogP contribution in [-0.4, -0.2) is 25.9 Å². The van der Waals surface area contributed by atoms with E-state index in [1.165, 1.54) is 0 Å². The van der Waals surface area contributed by atoms with Gasteiger partial charge in [0.1, 0.15) is 0 Å². The predicted molar refractivity (Wildman–Crippen MR) is 44.8 cm³/mol. The summed E-state index contributed by atoms with van der Waals surface area (Å²) in [6, 6.07) is 0. The summed E-state index contributed by atoms with van der Waals surface area (Å²) in [5.41, 5.74) is 2.13. The van der Waals surface area contributed by atoms with Gasteiger partial charge < -0.3 is 0 Å². The molecule has 0 saturated heterocycles. The molecule has 0 aliphatic carbocycles. The fourth-order valence-corrected chi connectivity index (χ4v) is 0.285. The first-order chi connectivity index (χ1) is 3.63. The van der Waals surface area contributed by atoms with Gasteiger partial charge in [-0.3, -0.25) is 0 Å². The molecule has 0 fully saturated rings. The Kier molecular flexibility index (Phi) is 3.42. The van der Waals surface area contributed by atoms with E-state index in [9.17, 15) is 0 Å². The van der Waals surface area contributed by atoms with E-state index in [0.29, 0.717) is 0 Å². The van der Waals surface area contributed by atoms with Gasteiger partial charge in [0.2, 0.25) is 0 Å². The number of hydrogen-bond acceptors (Lipinski definition) is 0. The number of hydrogen-bond donors (Lipinski definition) is 0. The van der Waals surface area contributed by atoms with Gasteiger partial charge in [-0.2, -0.15) is 0 Å². The van der Waals surface area contributed by atoms with Crippen LogP contribution >= 0.6 is 0 Å². The van der Waals surface area contributed by atoms with Gasteiger partial charge in [0.15, 0.2) is 0 Å². The Morgan fingerprint density at radius 3 is 1.38 bits per heavy atom. The van der Waals surface area contributed by atoms with Crippen LogP contribution in [0.5, 0.6) is 0 Å². The second-order valence-corrected chi connectivity index (χ2v) is 2.03. The van der Waals surface area contributed by atoms with Gasteiger partial charge in [0, 0.05) is 0 Å². The summed E-state index contributed by atoms with van der Waals surface area (Å²) >= 11 is 0. The van der Waals surface area contributed by atoms with E-state index < -0.39 is 0 Å². The minimum absolute atomic E-state index is 1.06. The Hall–Kier alpha value is -0.390. The van der Waals surface area contributed by atoms with Crippen molar-refractivity contribution >= 4 is 25.9 Å². The molecular weight excluding hydrogens is 93.7 g/mol. The third-order valence-corrected chi connectivity index (χ3v) is 0.652. The molecule has 0 N–H and O–H groups in total. The fourth-order valence-electron chi connectivity index (χ4n) is 0.285. The number of rotatable bonds is 2. The number of allylic oxidation sites excluding steroid dienone is 2. The Morgan fingerprint density at radius 2 is 1.25 bits per heavy atom. The third-order valence-electron chi connectivity index (χ3n) is 0.652. The average molecular weight is 104 g/mol. The van der Waals surface area contributed by atoms with E-state index in [4.69, 9.17) is 0 Å². The molecule has 8 heavy (non-hydrogen) atoms. The Balaban J connectivity index is 3.67. The summed E-state index contributed by atoms with van der Waals surface area (Å²) < 4.78 is 0. The molecule has 0 amide bonds.